The van der Waals surface area contributed by atoms with Gasteiger partial charge in [-0.25, -0.2) is 0 Å². The Bertz CT molecular complexity index is 525. The second-order valence-electron chi connectivity index (χ2n) is 3.93. The van der Waals surface area contributed by atoms with E-state index in [0.717, 1.165) is 4.90 Å². The second kappa shape index (κ2) is 5.36. The first-order valence-corrected chi connectivity index (χ1v) is 5.33. The van der Waals surface area contributed by atoms with Crippen molar-refractivity contribution in [3.63, 3.8) is 0 Å². The number of hydrogen-bond donors (Lipinski definition) is 1. The van der Waals surface area contributed by atoms with E-state index in [0.29, 0.717) is 17.0 Å². The van der Waals surface area contributed by atoms with E-state index in [-0.39, 0.29) is 6.54 Å². The van der Waals surface area contributed by atoms with Crippen molar-refractivity contribution >= 4 is 11.9 Å². The fourth-order valence-electron chi connectivity index (χ4n) is 1.71. The van der Waals surface area contributed by atoms with Crippen LogP contribution in [0.5, 0.6) is 0 Å². The minimum atomic E-state index is -1.10. The zero-order chi connectivity index (χ0) is 13.9. The summed E-state index contributed by atoms with van der Waals surface area (Å²) in [5.74, 6) is 0.781. The van der Waals surface area contributed by atoms with Crippen LogP contribution in [-0.2, 0) is 11.8 Å². The summed E-state index contributed by atoms with van der Waals surface area (Å²) in [5.41, 5.74) is 1.66. The standard InChI is InChI=1S/C12H15N3O3/c1-5-6-15(7-10(16)17)12(18)11-8(2)13-14(4)9(11)3/h1H,6-7H2,2-4H3,(H,16,17). The molecule has 6 nitrogen and oxygen atoms in total. The molecule has 0 unspecified atom stereocenters. The highest BCUT2D eigenvalue weighted by molar-refractivity contribution is 5.98. The topological polar surface area (TPSA) is 75.4 Å². The quantitative estimate of drug-likeness (QED) is 0.773. The van der Waals surface area contributed by atoms with Crippen LogP contribution in [0.3, 0.4) is 0 Å². The number of carboxylic acid groups (broad SMARTS) is 1. The molecule has 1 amide bonds. The first kappa shape index (κ1) is 13.8. The van der Waals surface area contributed by atoms with E-state index in [1.54, 1.807) is 25.6 Å². The van der Waals surface area contributed by atoms with Gasteiger partial charge in [0.2, 0.25) is 0 Å². The maximum absolute atomic E-state index is 12.2. The van der Waals surface area contributed by atoms with Crippen LogP contribution in [0.4, 0.5) is 0 Å². The minimum Gasteiger partial charge on any atom is -0.480 e. The van der Waals surface area contributed by atoms with Crippen LogP contribution < -0.4 is 0 Å². The maximum atomic E-state index is 12.2. The Balaban J connectivity index is 3.10. The van der Waals surface area contributed by atoms with Gasteiger partial charge < -0.3 is 10.0 Å². The molecule has 1 heterocycles. The van der Waals surface area contributed by atoms with E-state index in [1.165, 1.54) is 0 Å². The Morgan fingerprint density at radius 3 is 2.50 bits per heavy atom. The molecule has 1 aromatic heterocycles. The summed E-state index contributed by atoms with van der Waals surface area (Å²) in [4.78, 5) is 24.1. The van der Waals surface area contributed by atoms with Gasteiger partial charge in [0.25, 0.3) is 5.91 Å². The van der Waals surface area contributed by atoms with Crippen molar-refractivity contribution in [2.75, 3.05) is 13.1 Å². The molecule has 18 heavy (non-hydrogen) atoms. The molecule has 1 N–H and O–H groups in total. The number of carbonyl (C=O) groups is 2. The largest absolute Gasteiger partial charge is 0.480 e. The molecule has 96 valence electrons. The molecule has 0 aliphatic rings. The molecule has 1 aromatic rings. The molecule has 0 saturated carbocycles. The van der Waals surface area contributed by atoms with Crippen LogP contribution >= 0.6 is 0 Å². The summed E-state index contributed by atoms with van der Waals surface area (Å²) in [7, 11) is 1.72. The van der Waals surface area contributed by atoms with Gasteiger partial charge in [-0.05, 0) is 13.8 Å². The number of aryl methyl sites for hydroxylation is 2. The molecule has 0 saturated heterocycles. The zero-order valence-electron chi connectivity index (χ0n) is 10.6. The lowest BCUT2D eigenvalue weighted by atomic mass is 10.1. The molecule has 1 rings (SSSR count). The highest BCUT2D eigenvalue weighted by atomic mass is 16.4. The van der Waals surface area contributed by atoms with E-state index in [9.17, 15) is 9.59 Å². The van der Waals surface area contributed by atoms with Crippen molar-refractivity contribution in [3.8, 4) is 12.3 Å². The number of terminal acetylenes is 1. The number of aliphatic carboxylic acids is 1. The van der Waals surface area contributed by atoms with Crippen LogP contribution in [0.1, 0.15) is 21.7 Å². The Kier molecular flexibility index (Phi) is 4.10. The lowest BCUT2D eigenvalue weighted by Gasteiger charge is -2.18. The van der Waals surface area contributed by atoms with E-state index in [4.69, 9.17) is 11.5 Å². The van der Waals surface area contributed by atoms with Crippen molar-refractivity contribution < 1.29 is 14.7 Å². The zero-order valence-corrected chi connectivity index (χ0v) is 10.6. The average Bonchev–Trinajstić information content (AvgIpc) is 2.51. The van der Waals surface area contributed by atoms with Crippen molar-refractivity contribution in [1.29, 1.82) is 0 Å². The number of rotatable bonds is 4. The molecule has 0 aliphatic heterocycles. The summed E-state index contributed by atoms with van der Waals surface area (Å²) >= 11 is 0. The van der Waals surface area contributed by atoms with Gasteiger partial charge in [0.05, 0.1) is 17.8 Å². The van der Waals surface area contributed by atoms with Crippen molar-refractivity contribution in [1.82, 2.24) is 14.7 Å². The highest BCUT2D eigenvalue weighted by Crippen LogP contribution is 2.14. The monoisotopic (exact) mass is 249 g/mol. The predicted octanol–water partition coefficient (Wildman–Crippen LogP) is 0.197. The van der Waals surface area contributed by atoms with Crippen LogP contribution in [0.15, 0.2) is 0 Å². The summed E-state index contributed by atoms with van der Waals surface area (Å²) in [5, 5.41) is 12.9. The first-order valence-electron chi connectivity index (χ1n) is 5.33. The molecule has 0 aromatic carbocycles. The van der Waals surface area contributed by atoms with Crippen LogP contribution in [-0.4, -0.2) is 44.8 Å². The SMILES string of the molecule is C#CCN(CC(=O)O)C(=O)c1c(C)nn(C)c1C. The number of carboxylic acids is 1. The van der Waals surface area contributed by atoms with E-state index >= 15 is 0 Å². The summed E-state index contributed by atoms with van der Waals surface area (Å²) < 4.78 is 1.58. The molecular formula is C12H15N3O3. The minimum absolute atomic E-state index is 0.0428. The number of aromatic nitrogens is 2. The first-order chi connectivity index (χ1) is 8.38. The van der Waals surface area contributed by atoms with Crippen LogP contribution in [0.2, 0.25) is 0 Å². The van der Waals surface area contributed by atoms with Gasteiger partial charge in [-0.3, -0.25) is 14.3 Å². The molecule has 0 fully saturated rings. The normalized spacial score (nSPS) is 9.89. The second-order valence-corrected chi connectivity index (χ2v) is 3.93. The highest BCUT2D eigenvalue weighted by Gasteiger charge is 2.23. The molecule has 0 aliphatic carbocycles. The smallest absolute Gasteiger partial charge is 0.323 e. The molecule has 0 spiro atoms. The van der Waals surface area contributed by atoms with Crippen molar-refractivity contribution in [2.45, 2.75) is 13.8 Å². The lowest BCUT2D eigenvalue weighted by molar-refractivity contribution is -0.137. The summed E-state index contributed by atoms with van der Waals surface area (Å²) in [6, 6.07) is 0. The Morgan fingerprint density at radius 2 is 2.11 bits per heavy atom. The van der Waals surface area contributed by atoms with Crippen molar-refractivity contribution in [2.24, 2.45) is 7.05 Å². The summed E-state index contributed by atoms with van der Waals surface area (Å²) in [6.45, 7) is 2.99. The third kappa shape index (κ3) is 2.69. The van der Waals surface area contributed by atoms with Gasteiger partial charge in [0.1, 0.15) is 6.54 Å². The van der Waals surface area contributed by atoms with Gasteiger partial charge in [-0.2, -0.15) is 5.10 Å². The number of hydrogen-bond acceptors (Lipinski definition) is 3. The van der Waals surface area contributed by atoms with E-state index < -0.39 is 18.4 Å². The fraction of sp³-hybridized carbons (Fsp3) is 0.417. The lowest BCUT2D eigenvalue weighted by Crippen LogP contribution is -2.36. The van der Waals surface area contributed by atoms with Gasteiger partial charge in [-0.15, -0.1) is 6.42 Å². The molecule has 6 heteroatoms. The van der Waals surface area contributed by atoms with Gasteiger partial charge in [0.15, 0.2) is 0 Å². The summed E-state index contributed by atoms with van der Waals surface area (Å²) in [6.07, 6.45) is 5.14. The van der Waals surface area contributed by atoms with Crippen molar-refractivity contribution in [3.05, 3.63) is 17.0 Å². The maximum Gasteiger partial charge on any atom is 0.323 e. The van der Waals surface area contributed by atoms with Crippen LogP contribution in [0, 0.1) is 26.2 Å². The number of nitrogens with zero attached hydrogens (tertiary/aromatic N) is 3. The Hall–Kier alpha value is -2.29. The van der Waals surface area contributed by atoms with Crippen LogP contribution in [0.25, 0.3) is 0 Å². The Labute approximate surface area is 105 Å². The van der Waals surface area contributed by atoms with Gasteiger partial charge >= 0.3 is 5.97 Å². The number of carbonyl (C=O) groups excluding carboxylic acids is 1. The predicted molar refractivity (Wildman–Crippen MR) is 65.1 cm³/mol. The molecule has 0 bridgehead atoms. The fourth-order valence-corrected chi connectivity index (χ4v) is 1.71. The number of amides is 1. The van der Waals surface area contributed by atoms with Gasteiger partial charge in [-0.1, -0.05) is 5.92 Å². The molecular weight excluding hydrogens is 234 g/mol. The van der Waals surface area contributed by atoms with E-state index in [2.05, 4.69) is 11.0 Å². The average molecular weight is 249 g/mol. The van der Waals surface area contributed by atoms with E-state index in [1.807, 2.05) is 0 Å². The third-order valence-corrected chi connectivity index (χ3v) is 2.62. The Morgan fingerprint density at radius 1 is 1.50 bits per heavy atom. The third-order valence-electron chi connectivity index (χ3n) is 2.62. The molecule has 0 atom stereocenters. The van der Waals surface area contributed by atoms with Gasteiger partial charge in [0, 0.05) is 12.7 Å². The molecule has 0 radical (unpaired) electrons.